The van der Waals surface area contributed by atoms with E-state index < -0.39 is 35.6 Å². The highest BCUT2D eigenvalue weighted by Crippen LogP contribution is 2.32. The number of rotatable bonds is 6. The molecule has 8 nitrogen and oxygen atoms in total. The summed E-state index contributed by atoms with van der Waals surface area (Å²) in [5.41, 5.74) is 0.926. The number of amides is 2. The van der Waals surface area contributed by atoms with Crippen molar-refractivity contribution in [1.82, 2.24) is 20.2 Å². The molecule has 0 spiro atoms. The Morgan fingerprint density at radius 3 is 2.59 bits per heavy atom. The molecular weight excluding hydrogens is 473 g/mol. The fourth-order valence-corrected chi connectivity index (χ4v) is 3.92. The predicted molar refractivity (Wildman–Crippen MR) is 120 cm³/mol. The summed E-state index contributed by atoms with van der Waals surface area (Å²) < 4.78 is 47.2. The third-order valence-corrected chi connectivity index (χ3v) is 5.70. The summed E-state index contributed by atoms with van der Waals surface area (Å²) in [6.07, 6.45) is 3.28. The van der Waals surface area contributed by atoms with E-state index in [1.807, 2.05) is 0 Å². The lowest BCUT2D eigenvalue weighted by Crippen LogP contribution is -2.58. The highest BCUT2D eigenvalue weighted by molar-refractivity contribution is 6.42. The van der Waals surface area contributed by atoms with Gasteiger partial charge in [-0.2, -0.15) is 5.10 Å². The molecule has 0 bridgehead atoms. The van der Waals surface area contributed by atoms with Crippen molar-refractivity contribution in [3.8, 4) is 5.75 Å². The second-order valence-corrected chi connectivity index (χ2v) is 8.05. The molecular formula is C22H20ClF3N6O2. The number of pyridine rings is 1. The molecule has 2 amide bonds. The van der Waals surface area contributed by atoms with Crippen LogP contribution in [0.4, 0.5) is 18.0 Å². The van der Waals surface area contributed by atoms with Gasteiger partial charge in [0.1, 0.15) is 17.7 Å². The van der Waals surface area contributed by atoms with Crippen LogP contribution >= 0.6 is 11.6 Å². The van der Waals surface area contributed by atoms with E-state index in [1.54, 1.807) is 7.05 Å². The molecule has 2 aromatic rings. The largest absolute Gasteiger partial charge is 0.483 e. The van der Waals surface area contributed by atoms with Crippen LogP contribution in [0.1, 0.15) is 23.7 Å². The summed E-state index contributed by atoms with van der Waals surface area (Å²) in [5, 5.41) is 15.4. The number of nitrogens with one attached hydrogen (secondary N) is 2. The molecule has 1 aromatic heterocycles. The van der Waals surface area contributed by atoms with E-state index in [2.05, 4.69) is 15.4 Å². The highest BCUT2D eigenvalue weighted by Gasteiger charge is 2.39. The average molecular weight is 493 g/mol. The molecule has 0 saturated carbocycles. The molecule has 34 heavy (non-hydrogen) atoms. The minimum atomic E-state index is -0.733. The first kappa shape index (κ1) is 23.6. The SMILES string of the molecule is CN/C(=C(/Cl)C=N)c1cc(OC2CN(C(=O)N3N=CC[C@H]3c3cc(F)cc(F)c3)C2)c(F)cn1. The number of hydrogen-bond acceptors (Lipinski definition) is 6. The van der Waals surface area contributed by atoms with Crippen molar-refractivity contribution in [2.75, 3.05) is 20.1 Å². The van der Waals surface area contributed by atoms with E-state index in [0.29, 0.717) is 17.7 Å². The summed E-state index contributed by atoms with van der Waals surface area (Å²) in [6.45, 7) is 0.338. The molecule has 3 heterocycles. The van der Waals surface area contributed by atoms with Crippen LogP contribution in [0.5, 0.6) is 5.75 Å². The van der Waals surface area contributed by atoms with Crippen molar-refractivity contribution in [2.24, 2.45) is 5.10 Å². The van der Waals surface area contributed by atoms with E-state index in [4.69, 9.17) is 21.7 Å². The smallest absolute Gasteiger partial charge is 0.341 e. The van der Waals surface area contributed by atoms with Gasteiger partial charge in [-0.15, -0.1) is 0 Å². The van der Waals surface area contributed by atoms with Crippen molar-refractivity contribution in [3.05, 3.63) is 64.2 Å². The summed E-state index contributed by atoms with van der Waals surface area (Å²) in [6, 6.07) is 3.40. The molecule has 12 heteroatoms. The van der Waals surface area contributed by atoms with Crippen molar-refractivity contribution in [1.29, 1.82) is 5.41 Å². The minimum absolute atomic E-state index is 0.0726. The maximum absolute atomic E-state index is 14.3. The molecule has 0 radical (unpaired) electrons. The Morgan fingerprint density at radius 2 is 1.94 bits per heavy atom. The van der Waals surface area contributed by atoms with E-state index in [-0.39, 0.29) is 29.6 Å². The topological polar surface area (TPSA) is 93.9 Å². The molecule has 1 aromatic carbocycles. The molecule has 1 saturated heterocycles. The van der Waals surface area contributed by atoms with Gasteiger partial charge in [-0.25, -0.2) is 23.0 Å². The lowest BCUT2D eigenvalue weighted by atomic mass is 10.0. The molecule has 2 aliphatic heterocycles. The molecule has 0 unspecified atom stereocenters. The van der Waals surface area contributed by atoms with Gasteiger partial charge >= 0.3 is 6.03 Å². The monoisotopic (exact) mass is 492 g/mol. The first-order valence-electron chi connectivity index (χ1n) is 10.3. The van der Waals surface area contributed by atoms with Crippen LogP contribution in [0.3, 0.4) is 0 Å². The quantitative estimate of drug-likeness (QED) is 0.598. The van der Waals surface area contributed by atoms with Crippen LogP contribution in [0.15, 0.2) is 40.6 Å². The molecule has 178 valence electrons. The van der Waals surface area contributed by atoms with Gasteiger partial charge < -0.3 is 20.4 Å². The van der Waals surface area contributed by atoms with Gasteiger partial charge in [-0.1, -0.05) is 11.6 Å². The van der Waals surface area contributed by atoms with Crippen molar-refractivity contribution < 1.29 is 22.7 Å². The highest BCUT2D eigenvalue weighted by atomic mass is 35.5. The third kappa shape index (κ3) is 4.69. The summed E-state index contributed by atoms with van der Waals surface area (Å²) >= 11 is 5.99. The van der Waals surface area contributed by atoms with E-state index in [0.717, 1.165) is 18.5 Å². The normalized spacial score (nSPS) is 18.4. The number of ether oxygens (including phenoxy) is 1. The number of urea groups is 1. The van der Waals surface area contributed by atoms with Crippen LogP contribution in [-0.4, -0.2) is 59.6 Å². The third-order valence-electron chi connectivity index (χ3n) is 5.40. The second-order valence-electron chi connectivity index (χ2n) is 7.64. The van der Waals surface area contributed by atoms with Crippen molar-refractivity contribution in [2.45, 2.75) is 18.6 Å². The number of likely N-dealkylation sites (tertiary alicyclic amines) is 1. The molecule has 2 aliphatic rings. The van der Waals surface area contributed by atoms with Crippen LogP contribution < -0.4 is 10.1 Å². The Kier molecular flexibility index (Phi) is 6.73. The number of halogens is 4. The molecule has 1 atom stereocenters. The summed E-state index contributed by atoms with van der Waals surface area (Å²) in [4.78, 5) is 18.3. The Bertz CT molecular complexity index is 1160. The Hall–Kier alpha value is -3.60. The molecule has 0 aliphatic carbocycles. The predicted octanol–water partition coefficient (Wildman–Crippen LogP) is 3.89. The second kappa shape index (κ2) is 9.72. The minimum Gasteiger partial charge on any atom is -0.483 e. The Labute approximate surface area is 198 Å². The number of benzene rings is 1. The van der Waals surface area contributed by atoms with Gasteiger partial charge in [-0.05, 0) is 17.7 Å². The number of hydrogen-bond donors (Lipinski definition) is 2. The molecule has 1 fully saturated rings. The maximum atomic E-state index is 14.3. The standard InChI is InChI=1S/C22H20ClF3N6O2/c1-28-21(16(23)8-27)18-7-20(17(26)9-29-18)34-15-10-31(11-15)22(33)32-19(2-3-30-32)12-4-13(24)6-14(25)5-12/h3-9,15,19,27-28H,2,10-11H2,1H3/b21-16+,27-8?/t19-/m0/s1. The number of hydrazone groups is 1. The van der Waals surface area contributed by atoms with Crippen LogP contribution in [-0.2, 0) is 0 Å². The summed E-state index contributed by atoms with van der Waals surface area (Å²) in [5.74, 6) is -2.23. The van der Waals surface area contributed by atoms with Gasteiger partial charge in [0.05, 0.1) is 41.8 Å². The number of carbonyl (C=O) groups is 1. The van der Waals surface area contributed by atoms with Gasteiger partial charge in [0, 0.05) is 38.0 Å². The Morgan fingerprint density at radius 1 is 1.24 bits per heavy atom. The zero-order valence-corrected chi connectivity index (χ0v) is 18.7. The van der Waals surface area contributed by atoms with E-state index in [1.165, 1.54) is 34.3 Å². The number of allylic oxidation sites excluding steroid dienone is 1. The van der Waals surface area contributed by atoms with E-state index in [9.17, 15) is 18.0 Å². The average Bonchev–Trinajstić information content (AvgIpc) is 3.27. The van der Waals surface area contributed by atoms with Crippen LogP contribution in [0, 0.1) is 22.9 Å². The zero-order chi connectivity index (χ0) is 24.4. The van der Waals surface area contributed by atoms with Crippen LogP contribution in [0.25, 0.3) is 5.70 Å². The number of carbonyl (C=O) groups excluding carboxylic acids is 1. The zero-order valence-electron chi connectivity index (χ0n) is 17.9. The lowest BCUT2D eigenvalue weighted by molar-refractivity contribution is 0.0256. The molecule has 4 rings (SSSR count). The van der Waals surface area contributed by atoms with Gasteiger partial charge in [-0.3, -0.25) is 4.98 Å². The van der Waals surface area contributed by atoms with Crippen molar-refractivity contribution in [3.63, 3.8) is 0 Å². The fraction of sp³-hybridized carbons (Fsp3) is 0.273. The van der Waals surface area contributed by atoms with Gasteiger partial charge in [0.15, 0.2) is 11.6 Å². The first-order valence-corrected chi connectivity index (χ1v) is 10.7. The maximum Gasteiger partial charge on any atom is 0.341 e. The van der Waals surface area contributed by atoms with E-state index >= 15 is 0 Å². The van der Waals surface area contributed by atoms with Gasteiger partial charge in [0.2, 0.25) is 0 Å². The lowest BCUT2D eigenvalue weighted by Gasteiger charge is -2.41. The van der Waals surface area contributed by atoms with Crippen LogP contribution in [0.2, 0.25) is 0 Å². The van der Waals surface area contributed by atoms with Crippen molar-refractivity contribution >= 4 is 35.8 Å². The number of aromatic nitrogens is 1. The number of nitrogens with zero attached hydrogens (tertiary/aromatic N) is 4. The van der Waals surface area contributed by atoms with Gasteiger partial charge in [0.25, 0.3) is 0 Å². The Balaban J connectivity index is 1.42. The first-order chi connectivity index (χ1) is 16.3. The fourth-order valence-electron chi connectivity index (χ4n) is 3.73. The molecule has 2 N–H and O–H groups in total. The summed E-state index contributed by atoms with van der Waals surface area (Å²) in [7, 11) is 1.59.